The maximum absolute atomic E-state index is 10.5. The second-order valence-corrected chi connectivity index (χ2v) is 5.61. The Morgan fingerprint density at radius 1 is 1.24 bits per heavy atom. The monoisotopic (exact) mass is 237 g/mol. The molecule has 0 amide bonds. The van der Waals surface area contributed by atoms with Crippen molar-refractivity contribution in [2.24, 2.45) is 0 Å². The number of aliphatic hydroxyl groups is 1. The van der Waals surface area contributed by atoms with Gasteiger partial charge < -0.3 is 15.2 Å². The molecule has 0 aliphatic carbocycles. The lowest BCUT2D eigenvalue weighted by atomic mass is 9.94. The first-order valence-electron chi connectivity index (χ1n) is 5.86. The van der Waals surface area contributed by atoms with Crippen molar-refractivity contribution in [2.75, 3.05) is 13.7 Å². The third-order valence-electron chi connectivity index (χ3n) is 2.65. The van der Waals surface area contributed by atoms with Crippen molar-refractivity contribution in [2.45, 2.75) is 38.8 Å². The number of hydrogen-bond acceptors (Lipinski definition) is 3. The summed E-state index contributed by atoms with van der Waals surface area (Å²) in [5.41, 5.74) is -0.0568. The lowest BCUT2D eigenvalue weighted by molar-refractivity contribution is 0.0500. The Morgan fingerprint density at radius 2 is 1.88 bits per heavy atom. The van der Waals surface area contributed by atoms with Crippen LogP contribution in [0, 0.1) is 0 Å². The lowest BCUT2D eigenvalue weighted by Crippen LogP contribution is -2.44. The minimum absolute atomic E-state index is 0.0111. The number of benzene rings is 1. The molecule has 1 rings (SSSR count). The maximum atomic E-state index is 10.5. The van der Waals surface area contributed by atoms with E-state index in [0.717, 1.165) is 11.3 Å². The van der Waals surface area contributed by atoms with Crippen molar-refractivity contribution in [1.82, 2.24) is 5.32 Å². The van der Waals surface area contributed by atoms with E-state index in [2.05, 4.69) is 26.1 Å². The standard InChI is InChI=1S/C14H23NO2/c1-13(2,3)15-10-14(4,16)11-7-6-8-12(9-11)17-5/h6-9,15-16H,10H2,1-5H3. The van der Waals surface area contributed by atoms with Crippen LogP contribution >= 0.6 is 0 Å². The van der Waals surface area contributed by atoms with E-state index >= 15 is 0 Å². The van der Waals surface area contributed by atoms with Gasteiger partial charge in [-0.3, -0.25) is 0 Å². The topological polar surface area (TPSA) is 41.5 Å². The molecule has 0 fully saturated rings. The summed E-state index contributed by atoms with van der Waals surface area (Å²) in [6.45, 7) is 8.54. The molecule has 0 aliphatic rings. The molecular formula is C14H23NO2. The van der Waals surface area contributed by atoms with Gasteiger partial charge in [-0.25, -0.2) is 0 Å². The number of β-amino-alcohol motifs (C(OH)–C–C–N with tert-alkyl or cyclic N) is 1. The first-order chi connectivity index (χ1) is 7.74. The Hall–Kier alpha value is -1.06. The molecule has 1 aromatic carbocycles. The average Bonchev–Trinajstić information content (AvgIpc) is 2.26. The van der Waals surface area contributed by atoms with Gasteiger partial charge in [0.15, 0.2) is 0 Å². The zero-order chi connectivity index (χ0) is 13.1. The molecule has 1 unspecified atom stereocenters. The van der Waals surface area contributed by atoms with Crippen LogP contribution in [0.1, 0.15) is 33.3 Å². The minimum Gasteiger partial charge on any atom is -0.497 e. The van der Waals surface area contributed by atoms with E-state index in [0.29, 0.717) is 6.54 Å². The third kappa shape index (κ3) is 4.36. The smallest absolute Gasteiger partial charge is 0.119 e. The highest BCUT2D eigenvalue weighted by Gasteiger charge is 2.25. The highest BCUT2D eigenvalue weighted by molar-refractivity contribution is 5.32. The van der Waals surface area contributed by atoms with Crippen LogP contribution in [0.4, 0.5) is 0 Å². The first-order valence-corrected chi connectivity index (χ1v) is 5.86. The van der Waals surface area contributed by atoms with Crippen LogP contribution in [0.15, 0.2) is 24.3 Å². The molecule has 1 atom stereocenters. The summed E-state index contributed by atoms with van der Waals surface area (Å²) in [7, 11) is 1.63. The Morgan fingerprint density at radius 3 is 2.41 bits per heavy atom. The Labute approximate surface area is 104 Å². The second kappa shape index (κ2) is 5.07. The largest absolute Gasteiger partial charge is 0.497 e. The summed E-state index contributed by atoms with van der Waals surface area (Å²) < 4.78 is 5.16. The predicted molar refractivity (Wildman–Crippen MR) is 70.3 cm³/mol. The predicted octanol–water partition coefficient (Wildman–Crippen LogP) is 2.29. The van der Waals surface area contributed by atoms with Crippen molar-refractivity contribution >= 4 is 0 Å². The van der Waals surface area contributed by atoms with Crippen molar-refractivity contribution in [3.8, 4) is 5.75 Å². The van der Waals surface area contributed by atoms with E-state index in [1.807, 2.05) is 24.3 Å². The van der Waals surface area contributed by atoms with E-state index in [4.69, 9.17) is 4.74 Å². The van der Waals surface area contributed by atoms with E-state index in [-0.39, 0.29) is 5.54 Å². The fourth-order valence-electron chi connectivity index (χ4n) is 1.50. The Kier molecular flexibility index (Phi) is 4.17. The van der Waals surface area contributed by atoms with Crippen LogP contribution in [-0.4, -0.2) is 24.3 Å². The Balaban J connectivity index is 2.81. The van der Waals surface area contributed by atoms with Gasteiger partial charge in [0.05, 0.1) is 12.7 Å². The van der Waals surface area contributed by atoms with Crippen LogP contribution in [0.2, 0.25) is 0 Å². The molecule has 0 bridgehead atoms. The molecule has 0 spiro atoms. The quantitative estimate of drug-likeness (QED) is 0.844. The molecule has 0 saturated heterocycles. The van der Waals surface area contributed by atoms with Gasteiger partial charge in [-0.1, -0.05) is 12.1 Å². The first kappa shape index (κ1) is 14.0. The molecular weight excluding hydrogens is 214 g/mol. The van der Waals surface area contributed by atoms with Crippen molar-refractivity contribution in [1.29, 1.82) is 0 Å². The van der Waals surface area contributed by atoms with Gasteiger partial charge in [-0.15, -0.1) is 0 Å². The molecule has 0 heterocycles. The minimum atomic E-state index is -0.901. The highest BCUT2D eigenvalue weighted by atomic mass is 16.5. The molecule has 96 valence electrons. The maximum Gasteiger partial charge on any atom is 0.119 e. The second-order valence-electron chi connectivity index (χ2n) is 5.61. The van der Waals surface area contributed by atoms with Crippen molar-refractivity contribution in [3.05, 3.63) is 29.8 Å². The zero-order valence-electron chi connectivity index (χ0n) is 11.4. The van der Waals surface area contributed by atoms with E-state index < -0.39 is 5.60 Å². The summed E-state index contributed by atoms with van der Waals surface area (Å²) in [5.74, 6) is 0.763. The third-order valence-corrected chi connectivity index (χ3v) is 2.65. The van der Waals surface area contributed by atoms with Crippen molar-refractivity contribution in [3.63, 3.8) is 0 Å². The Bertz CT molecular complexity index is 367. The number of rotatable bonds is 4. The summed E-state index contributed by atoms with van der Waals surface area (Å²) in [6.07, 6.45) is 0. The van der Waals surface area contributed by atoms with Crippen LogP contribution in [0.3, 0.4) is 0 Å². The van der Waals surface area contributed by atoms with Crippen LogP contribution in [0.25, 0.3) is 0 Å². The van der Waals surface area contributed by atoms with Gasteiger partial charge in [0.1, 0.15) is 5.75 Å². The normalized spacial score (nSPS) is 15.4. The molecule has 1 aromatic rings. The molecule has 0 saturated carbocycles. The van der Waals surface area contributed by atoms with Gasteiger partial charge in [0.2, 0.25) is 0 Å². The highest BCUT2D eigenvalue weighted by Crippen LogP contribution is 2.24. The van der Waals surface area contributed by atoms with Gasteiger partial charge in [-0.05, 0) is 45.4 Å². The molecule has 2 N–H and O–H groups in total. The van der Waals surface area contributed by atoms with E-state index in [1.54, 1.807) is 14.0 Å². The molecule has 3 nitrogen and oxygen atoms in total. The number of ether oxygens (including phenoxy) is 1. The van der Waals surface area contributed by atoms with Crippen molar-refractivity contribution < 1.29 is 9.84 Å². The number of hydrogen-bond donors (Lipinski definition) is 2. The zero-order valence-corrected chi connectivity index (χ0v) is 11.4. The number of nitrogens with one attached hydrogen (secondary N) is 1. The SMILES string of the molecule is COc1cccc(C(C)(O)CNC(C)(C)C)c1. The average molecular weight is 237 g/mol. The van der Waals surface area contributed by atoms with Gasteiger partial charge in [-0.2, -0.15) is 0 Å². The molecule has 0 radical (unpaired) electrons. The summed E-state index contributed by atoms with van der Waals surface area (Å²) in [5, 5.41) is 13.8. The fraction of sp³-hybridized carbons (Fsp3) is 0.571. The van der Waals surface area contributed by atoms with Crippen LogP contribution in [0.5, 0.6) is 5.75 Å². The molecule has 0 aliphatic heterocycles. The summed E-state index contributed by atoms with van der Waals surface area (Å²) >= 11 is 0. The van der Waals surface area contributed by atoms with Gasteiger partial charge >= 0.3 is 0 Å². The summed E-state index contributed by atoms with van der Waals surface area (Å²) in [4.78, 5) is 0. The lowest BCUT2D eigenvalue weighted by Gasteiger charge is -2.30. The van der Waals surface area contributed by atoms with Gasteiger partial charge in [0.25, 0.3) is 0 Å². The van der Waals surface area contributed by atoms with E-state index in [1.165, 1.54) is 0 Å². The summed E-state index contributed by atoms with van der Waals surface area (Å²) in [6, 6.07) is 7.54. The van der Waals surface area contributed by atoms with Crippen LogP contribution in [-0.2, 0) is 5.60 Å². The fourth-order valence-corrected chi connectivity index (χ4v) is 1.50. The molecule has 0 aromatic heterocycles. The molecule has 3 heteroatoms. The van der Waals surface area contributed by atoms with E-state index in [9.17, 15) is 5.11 Å². The van der Waals surface area contributed by atoms with Gasteiger partial charge in [0, 0.05) is 12.1 Å². The van der Waals surface area contributed by atoms with Crippen LogP contribution < -0.4 is 10.1 Å². The number of methoxy groups -OCH3 is 1. The molecule has 17 heavy (non-hydrogen) atoms.